The number of hydrogen-bond donors (Lipinski definition) is 0. The highest BCUT2D eigenvalue weighted by Crippen LogP contribution is 2.34. The molecule has 5 nitrogen and oxygen atoms in total. The monoisotopic (exact) mass is 344 g/mol. The predicted octanol–water partition coefficient (Wildman–Crippen LogP) is 4.16. The van der Waals surface area contributed by atoms with Crippen LogP contribution in [0, 0.1) is 0 Å². The van der Waals surface area contributed by atoms with Gasteiger partial charge in [-0.15, -0.1) is 0 Å². The van der Waals surface area contributed by atoms with E-state index in [2.05, 4.69) is 0 Å². The van der Waals surface area contributed by atoms with E-state index in [1.807, 2.05) is 44.2 Å². The highest BCUT2D eigenvalue weighted by molar-refractivity contribution is 5.93. The van der Waals surface area contributed by atoms with E-state index in [4.69, 9.17) is 18.9 Å². The molecule has 25 heavy (non-hydrogen) atoms. The lowest BCUT2D eigenvalue weighted by atomic mass is 9.98. The van der Waals surface area contributed by atoms with Crippen molar-refractivity contribution >= 4 is 5.97 Å². The second kappa shape index (κ2) is 9.08. The SMILES string of the molecule is COCOc1cc(OCc2ccccc2)c(C(C)C)cc1C(=O)OC. The van der Waals surface area contributed by atoms with Crippen molar-refractivity contribution in [3.05, 3.63) is 59.2 Å². The summed E-state index contributed by atoms with van der Waals surface area (Å²) < 4.78 is 21.3. The molecule has 0 unspecified atom stereocenters. The standard InChI is InChI=1S/C20H24O5/c1-14(2)16-10-17(20(21)23-4)19(25-13-22-3)11-18(16)24-12-15-8-6-5-7-9-15/h5-11,14H,12-13H2,1-4H3. The number of esters is 1. The number of carbonyl (C=O) groups excluding carboxylic acids is 1. The molecule has 0 aromatic heterocycles. The number of rotatable bonds is 8. The molecule has 0 heterocycles. The van der Waals surface area contributed by atoms with Crippen LogP contribution in [-0.4, -0.2) is 27.0 Å². The van der Waals surface area contributed by atoms with Gasteiger partial charge in [0.2, 0.25) is 0 Å². The third kappa shape index (κ3) is 4.97. The van der Waals surface area contributed by atoms with Gasteiger partial charge in [-0.05, 0) is 23.1 Å². The second-order valence-electron chi connectivity index (χ2n) is 5.86. The molecule has 0 fully saturated rings. The number of carbonyl (C=O) groups is 1. The van der Waals surface area contributed by atoms with Crippen molar-refractivity contribution in [2.75, 3.05) is 21.0 Å². The van der Waals surface area contributed by atoms with Gasteiger partial charge in [-0.1, -0.05) is 44.2 Å². The Balaban J connectivity index is 2.36. The molecule has 0 aliphatic heterocycles. The minimum Gasteiger partial charge on any atom is -0.488 e. The van der Waals surface area contributed by atoms with Gasteiger partial charge in [0.1, 0.15) is 23.7 Å². The van der Waals surface area contributed by atoms with E-state index in [-0.39, 0.29) is 12.7 Å². The highest BCUT2D eigenvalue weighted by atomic mass is 16.7. The predicted molar refractivity (Wildman–Crippen MR) is 95.1 cm³/mol. The molecule has 0 radical (unpaired) electrons. The van der Waals surface area contributed by atoms with Crippen molar-refractivity contribution in [1.82, 2.24) is 0 Å². The largest absolute Gasteiger partial charge is 0.488 e. The average molecular weight is 344 g/mol. The Hall–Kier alpha value is -2.53. The van der Waals surface area contributed by atoms with E-state index >= 15 is 0 Å². The lowest BCUT2D eigenvalue weighted by molar-refractivity contribution is 0.0463. The van der Waals surface area contributed by atoms with Crippen molar-refractivity contribution in [3.8, 4) is 11.5 Å². The lowest BCUT2D eigenvalue weighted by Gasteiger charge is -2.18. The zero-order valence-corrected chi connectivity index (χ0v) is 15.1. The minimum absolute atomic E-state index is 0.0309. The Labute approximate surface area is 148 Å². The molecule has 0 bridgehead atoms. The van der Waals surface area contributed by atoms with Gasteiger partial charge < -0.3 is 18.9 Å². The Kier molecular flexibility index (Phi) is 6.83. The van der Waals surface area contributed by atoms with Crippen molar-refractivity contribution < 1.29 is 23.7 Å². The van der Waals surface area contributed by atoms with Crippen LogP contribution in [0.4, 0.5) is 0 Å². The first-order valence-electron chi connectivity index (χ1n) is 8.11. The van der Waals surface area contributed by atoms with Gasteiger partial charge in [-0.25, -0.2) is 4.79 Å². The Morgan fingerprint density at radius 1 is 1.00 bits per heavy atom. The first-order chi connectivity index (χ1) is 12.1. The van der Waals surface area contributed by atoms with E-state index in [1.165, 1.54) is 14.2 Å². The number of hydrogen-bond acceptors (Lipinski definition) is 5. The molecule has 0 spiro atoms. The van der Waals surface area contributed by atoms with Crippen molar-refractivity contribution in [3.63, 3.8) is 0 Å². The minimum atomic E-state index is -0.456. The fourth-order valence-corrected chi connectivity index (χ4v) is 2.40. The molecule has 0 N–H and O–H groups in total. The van der Waals surface area contributed by atoms with Gasteiger partial charge in [0, 0.05) is 13.2 Å². The number of benzene rings is 2. The maximum Gasteiger partial charge on any atom is 0.341 e. The molecule has 0 amide bonds. The van der Waals surface area contributed by atoms with Crippen molar-refractivity contribution in [2.45, 2.75) is 26.4 Å². The Morgan fingerprint density at radius 3 is 2.32 bits per heavy atom. The van der Waals surface area contributed by atoms with Crippen LogP contribution in [0.25, 0.3) is 0 Å². The van der Waals surface area contributed by atoms with Gasteiger partial charge in [0.15, 0.2) is 6.79 Å². The van der Waals surface area contributed by atoms with Gasteiger partial charge in [-0.3, -0.25) is 0 Å². The Morgan fingerprint density at radius 2 is 1.72 bits per heavy atom. The van der Waals surface area contributed by atoms with Gasteiger partial charge in [0.25, 0.3) is 0 Å². The summed E-state index contributed by atoms with van der Waals surface area (Å²) in [6.45, 7) is 4.55. The highest BCUT2D eigenvalue weighted by Gasteiger charge is 2.20. The maximum atomic E-state index is 12.1. The molecule has 134 valence electrons. The van der Waals surface area contributed by atoms with Gasteiger partial charge >= 0.3 is 5.97 Å². The molecule has 5 heteroatoms. The third-order valence-electron chi connectivity index (χ3n) is 3.71. The van der Waals surface area contributed by atoms with Crippen LogP contribution in [0.3, 0.4) is 0 Å². The van der Waals surface area contributed by atoms with Crippen LogP contribution in [-0.2, 0) is 16.1 Å². The average Bonchev–Trinajstić information content (AvgIpc) is 2.64. The molecule has 0 aliphatic rings. The number of methoxy groups -OCH3 is 2. The van der Waals surface area contributed by atoms with Gasteiger partial charge in [-0.2, -0.15) is 0 Å². The molecule has 2 aromatic carbocycles. The zero-order valence-electron chi connectivity index (χ0n) is 15.1. The molecule has 2 aromatic rings. The summed E-state index contributed by atoms with van der Waals surface area (Å²) in [5, 5.41) is 0. The van der Waals surface area contributed by atoms with Crippen LogP contribution in [0.5, 0.6) is 11.5 Å². The zero-order chi connectivity index (χ0) is 18.2. The quantitative estimate of drug-likeness (QED) is 0.532. The first-order valence-corrected chi connectivity index (χ1v) is 8.11. The van der Waals surface area contributed by atoms with Gasteiger partial charge in [0.05, 0.1) is 7.11 Å². The third-order valence-corrected chi connectivity index (χ3v) is 3.71. The van der Waals surface area contributed by atoms with E-state index in [9.17, 15) is 4.79 Å². The first kappa shape index (κ1) is 18.8. The summed E-state index contributed by atoms with van der Waals surface area (Å²) in [6.07, 6.45) is 0. The van der Waals surface area contributed by atoms with E-state index in [1.54, 1.807) is 12.1 Å². The molecule has 0 saturated heterocycles. The molecule has 0 saturated carbocycles. The van der Waals surface area contributed by atoms with Crippen molar-refractivity contribution in [1.29, 1.82) is 0 Å². The summed E-state index contributed by atoms with van der Waals surface area (Å²) >= 11 is 0. The Bertz CT molecular complexity index is 695. The molecule has 0 atom stereocenters. The van der Waals surface area contributed by atoms with Crippen LogP contribution in [0.2, 0.25) is 0 Å². The summed E-state index contributed by atoms with van der Waals surface area (Å²) in [7, 11) is 2.87. The molecule has 2 rings (SSSR count). The smallest absolute Gasteiger partial charge is 0.341 e. The summed E-state index contributed by atoms with van der Waals surface area (Å²) in [5.74, 6) is 0.770. The summed E-state index contributed by atoms with van der Waals surface area (Å²) in [5.41, 5.74) is 2.34. The molecular weight excluding hydrogens is 320 g/mol. The fourth-order valence-electron chi connectivity index (χ4n) is 2.40. The summed E-state index contributed by atoms with van der Waals surface area (Å²) in [4.78, 5) is 12.1. The normalized spacial score (nSPS) is 10.6. The van der Waals surface area contributed by atoms with Crippen LogP contribution in [0.15, 0.2) is 42.5 Å². The van der Waals surface area contributed by atoms with E-state index < -0.39 is 5.97 Å². The van der Waals surface area contributed by atoms with Crippen LogP contribution >= 0.6 is 0 Å². The molecular formula is C20H24O5. The summed E-state index contributed by atoms with van der Waals surface area (Å²) in [6, 6.07) is 13.4. The lowest BCUT2D eigenvalue weighted by Crippen LogP contribution is -2.10. The second-order valence-corrected chi connectivity index (χ2v) is 5.86. The van der Waals surface area contributed by atoms with E-state index in [0.717, 1.165) is 11.1 Å². The maximum absolute atomic E-state index is 12.1. The van der Waals surface area contributed by atoms with Crippen LogP contribution in [0.1, 0.15) is 41.3 Å². The van der Waals surface area contributed by atoms with Crippen molar-refractivity contribution in [2.24, 2.45) is 0 Å². The topological polar surface area (TPSA) is 54.0 Å². The number of ether oxygens (including phenoxy) is 4. The fraction of sp³-hybridized carbons (Fsp3) is 0.350. The van der Waals surface area contributed by atoms with E-state index in [0.29, 0.717) is 23.7 Å². The molecule has 0 aliphatic carbocycles. The van der Waals surface area contributed by atoms with Crippen LogP contribution < -0.4 is 9.47 Å².